The third-order valence-electron chi connectivity index (χ3n) is 3.83. The van der Waals surface area contributed by atoms with Crippen molar-refractivity contribution in [2.45, 2.75) is 64.1 Å². The molecule has 0 bridgehead atoms. The molecule has 1 amide bonds. The van der Waals surface area contributed by atoms with Gasteiger partial charge in [0, 0.05) is 24.0 Å². The molecule has 23 heavy (non-hydrogen) atoms. The average Bonchev–Trinajstić information content (AvgIpc) is 2.96. The van der Waals surface area contributed by atoms with Crippen molar-refractivity contribution in [1.29, 1.82) is 0 Å². The lowest BCUT2D eigenvalue weighted by molar-refractivity contribution is -0.144. The number of carbonyl (C=O) groups is 2. The van der Waals surface area contributed by atoms with E-state index in [1.807, 2.05) is 0 Å². The molecule has 0 aromatic carbocycles. The Kier molecular flexibility index (Phi) is 5.23. The Morgan fingerprint density at radius 1 is 1.35 bits per heavy atom. The van der Waals surface area contributed by atoms with E-state index >= 15 is 0 Å². The molecule has 1 aromatic heterocycles. The zero-order chi connectivity index (χ0) is 17.0. The van der Waals surface area contributed by atoms with E-state index in [0.717, 1.165) is 25.7 Å². The van der Waals surface area contributed by atoms with Crippen LogP contribution >= 0.6 is 0 Å². The van der Waals surface area contributed by atoms with E-state index in [4.69, 9.17) is 4.74 Å². The van der Waals surface area contributed by atoms with Crippen LogP contribution in [0.1, 0.15) is 58.1 Å². The van der Waals surface area contributed by atoms with Crippen LogP contribution in [-0.2, 0) is 9.53 Å². The Labute approximate surface area is 136 Å². The summed E-state index contributed by atoms with van der Waals surface area (Å²) in [6, 6.07) is 2.15. The monoisotopic (exact) mass is 320 g/mol. The van der Waals surface area contributed by atoms with Crippen LogP contribution in [0.15, 0.2) is 24.5 Å². The van der Waals surface area contributed by atoms with E-state index in [2.05, 4.69) is 4.98 Å². The second-order valence-corrected chi connectivity index (χ2v) is 6.85. The number of amides is 1. The number of carboxylic acid groups (broad SMARTS) is 1. The summed E-state index contributed by atoms with van der Waals surface area (Å²) in [5.74, 6) is -1.07. The summed E-state index contributed by atoms with van der Waals surface area (Å²) in [6.45, 7) is 5.33. The van der Waals surface area contributed by atoms with Crippen molar-refractivity contribution in [1.82, 2.24) is 9.88 Å². The molecule has 1 atom stereocenters. The van der Waals surface area contributed by atoms with Gasteiger partial charge in [-0.3, -0.25) is 9.88 Å². The Hall–Kier alpha value is -2.11. The maximum absolute atomic E-state index is 12.7. The first kappa shape index (κ1) is 17.2. The van der Waals surface area contributed by atoms with E-state index in [9.17, 15) is 14.7 Å². The predicted octanol–water partition coefficient (Wildman–Crippen LogP) is 3.39. The van der Waals surface area contributed by atoms with E-state index in [1.54, 1.807) is 39.1 Å². The van der Waals surface area contributed by atoms with Crippen molar-refractivity contribution < 1.29 is 19.4 Å². The molecule has 1 aliphatic carbocycles. The molecule has 126 valence electrons. The van der Waals surface area contributed by atoms with Crippen LogP contribution in [0.5, 0.6) is 0 Å². The molecule has 0 saturated heterocycles. The van der Waals surface area contributed by atoms with Gasteiger partial charge in [0.2, 0.25) is 0 Å². The minimum absolute atomic E-state index is 0.119. The van der Waals surface area contributed by atoms with Crippen molar-refractivity contribution in [3.8, 4) is 0 Å². The van der Waals surface area contributed by atoms with Gasteiger partial charge in [0.25, 0.3) is 0 Å². The van der Waals surface area contributed by atoms with Gasteiger partial charge in [-0.2, -0.15) is 0 Å². The van der Waals surface area contributed by atoms with Crippen LogP contribution in [0, 0.1) is 0 Å². The van der Waals surface area contributed by atoms with Crippen LogP contribution in [0.4, 0.5) is 4.79 Å². The van der Waals surface area contributed by atoms with Gasteiger partial charge in [-0.1, -0.05) is 18.9 Å². The first-order chi connectivity index (χ1) is 10.8. The van der Waals surface area contributed by atoms with Gasteiger partial charge in [-0.15, -0.1) is 0 Å². The highest BCUT2D eigenvalue weighted by Gasteiger charge is 2.39. The van der Waals surface area contributed by atoms with E-state index in [0.29, 0.717) is 5.56 Å². The lowest BCUT2D eigenvalue weighted by atomic mass is 10.0. The fraction of sp³-hybridized carbons (Fsp3) is 0.588. The maximum atomic E-state index is 12.7. The molecule has 0 radical (unpaired) electrons. The van der Waals surface area contributed by atoms with Gasteiger partial charge in [-0.25, -0.2) is 9.59 Å². The first-order valence-electron chi connectivity index (χ1n) is 7.93. The number of ether oxygens (including phenoxy) is 1. The number of nitrogens with zero attached hydrogens (tertiary/aromatic N) is 2. The summed E-state index contributed by atoms with van der Waals surface area (Å²) in [5.41, 5.74) is -0.191. The number of pyridine rings is 1. The molecule has 1 N–H and O–H groups in total. The van der Waals surface area contributed by atoms with Crippen LogP contribution in [-0.4, -0.2) is 38.7 Å². The van der Waals surface area contributed by atoms with Crippen molar-refractivity contribution in [2.24, 2.45) is 0 Å². The third-order valence-corrected chi connectivity index (χ3v) is 3.83. The number of hydrogen-bond acceptors (Lipinski definition) is 4. The second kappa shape index (κ2) is 6.98. The maximum Gasteiger partial charge on any atom is 0.411 e. The summed E-state index contributed by atoms with van der Waals surface area (Å²) in [4.78, 5) is 30.0. The number of aliphatic carboxylic acids is 1. The van der Waals surface area contributed by atoms with E-state index < -0.39 is 23.7 Å². The topological polar surface area (TPSA) is 79.7 Å². The third kappa shape index (κ3) is 4.43. The summed E-state index contributed by atoms with van der Waals surface area (Å²) >= 11 is 0. The molecule has 6 heteroatoms. The van der Waals surface area contributed by atoms with Gasteiger partial charge in [0.15, 0.2) is 6.04 Å². The molecule has 1 unspecified atom stereocenters. The zero-order valence-corrected chi connectivity index (χ0v) is 13.9. The van der Waals surface area contributed by atoms with E-state index in [1.165, 1.54) is 11.1 Å². The standard InChI is InChI=1S/C17H24N2O4/c1-17(2,3)23-16(22)19(13-8-4-5-9-13)14(15(20)21)12-7-6-10-18-11-12/h6-7,10-11,13-14H,4-5,8-9H2,1-3H3,(H,20,21). The summed E-state index contributed by atoms with van der Waals surface area (Å²) < 4.78 is 5.47. The van der Waals surface area contributed by atoms with Gasteiger partial charge in [0.05, 0.1) is 0 Å². The number of hydrogen-bond donors (Lipinski definition) is 1. The lowest BCUT2D eigenvalue weighted by Gasteiger charge is -2.35. The highest BCUT2D eigenvalue weighted by atomic mass is 16.6. The lowest BCUT2D eigenvalue weighted by Crippen LogP contribution is -2.47. The molecule has 1 fully saturated rings. The molecule has 0 spiro atoms. The van der Waals surface area contributed by atoms with Crippen LogP contribution in [0.2, 0.25) is 0 Å². The molecular weight excluding hydrogens is 296 g/mol. The highest BCUT2D eigenvalue weighted by molar-refractivity contribution is 5.81. The Balaban J connectivity index is 2.37. The largest absolute Gasteiger partial charge is 0.479 e. The molecule has 1 heterocycles. The Morgan fingerprint density at radius 2 is 2.00 bits per heavy atom. The smallest absolute Gasteiger partial charge is 0.411 e. The van der Waals surface area contributed by atoms with Gasteiger partial charge >= 0.3 is 12.1 Å². The number of rotatable bonds is 4. The molecule has 6 nitrogen and oxygen atoms in total. The SMILES string of the molecule is CC(C)(C)OC(=O)N(C1CCCC1)C(C(=O)O)c1cccnc1. The van der Waals surface area contributed by atoms with Crippen molar-refractivity contribution in [2.75, 3.05) is 0 Å². The molecule has 1 saturated carbocycles. The number of aromatic nitrogens is 1. The first-order valence-corrected chi connectivity index (χ1v) is 7.93. The summed E-state index contributed by atoms with van der Waals surface area (Å²) in [5, 5.41) is 9.73. The minimum atomic E-state index is -1.08. The Bertz CT molecular complexity index is 547. The molecule has 2 rings (SSSR count). The van der Waals surface area contributed by atoms with E-state index in [-0.39, 0.29) is 6.04 Å². The summed E-state index contributed by atoms with van der Waals surface area (Å²) in [6.07, 6.45) is 6.06. The fourth-order valence-corrected chi connectivity index (χ4v) is 2.92. The molecule has 1 aromatic rings. The van der Waals surface area contributed by atoms with Gasteiger partial charge in [0.1, 0.15) is 5.60 Å². The van der Waals surface area contributed by atoms with Crippen molar-refractivity contribution in [3.05, 3.63) is 30.1 Å². The van der Waals surface area contributed by atoms with Crippen LogP contribution in [0.25, 0.3) is 0 Å². The summed E-state index contributed by atoms with van der Waals surface area (Å²) in [7, 11) is 0. The fourth-order valence-electron chi connectivity index (χ4n) is 2.92. The Morgan fingerprint density at radius 3 is 2.48 bits per heavy atom. The van der Waals surface area contributed by atoms with Crippen molar-refractivity contribution >= 4 is 12.1 Å². The van der Waals surface area contributed by atoms with Crippen LogP contribution in [0.3, 0.4) is 0 Å². The minimum Gasteiger partial charge on any atom is -0.479 e. The van der Waals surface area contributed by atoms with Crippen LogP contribution < -0.4 is 0 Å². The van der Waals surface area contributed by atoms with Gasteiger partial charge < -0.3 is 9.84 Å². The normalized spacial score (nSPS) is 16.8. The number of carboxylic acids is 1. The molecule has 0 aliphatic heterocycles. The second-order valence-electron chi connectivity index (χ2n) is 6.85. The average molecular weight is 320 g/mol. The number of carbonyl (C=O) groups excluding carboxylic acids is 1. The molecular formula is C17H24N2O4. The predicted molar refractivity (Wildman–Crippen MR) is 84.9 cm³/mol. The zero-order valence-electron chi connectivity index (χ0n) is 13.9. The van der Waals surface area contributed by atoms with Crippen molar-refractivity contribution in [3.63, 3.8) is 0 Å². The highest BCUT2D eigenvalue weighted by Crippen LogP contribution is 2.32. The quantitative estimate of drug-likeness (QED) is 0.920. The molecule has 1 aliphatic rings. The van der Waals surface area contributed by atoms with Gasteiger partial charge in [-0.05, 0) is 39.7 Å².